The first-order valence-corrected chi connectivity index (χ1v) is 11.1. The number of carbonyl (C=O) groups is 1. The lowest BCUT2D eigenvalue weighted by Crippen LogP contribution is -2.28. The minimum Gasteiger partial charge on any atom is -0.349 e. The molecule has 3 rings (SSSR count). The smallest absolute Gasteiger partial charge is 0.251 e. The summed E-state index contributed by atoms with van der Waals surface area (Å²) < 4.78 is 27.4. The zero-order chi connectivity index (χ0) is 20.6. The monoisotopic (exact) mass is 440 g/mol. The number of nitrogens with zero attached hydrogens (tertiary/aromatic N) is 1. The van der Waals surface area contributed by atoms with Crippen LogP contribution in [0.2, 0.25) is 10.0 Å². The fraction of sp³-hybridized carbons (Fsp3) is 0.350. The van der Waals surface area contributed by atoms with E-state index in [1.165, 1.54) is 11.4 Å². The molecule has 0 aliphatic heterocycles. The van der Waals surface area contributed by atoms with Crippen molar-refractivity contribution in [1.29, 1.82) is 0 Å². The van der Waals surface area contributed by atoms with Gasteiger partial charge in [-0.15, -0.1) is 0 Å². The number of rotatable bonds is 6. The van der Waals surface area contributed by atoms with Gasteiger partial charge in [0.25, 0.3) is 5.91 Å². The van der Waals surface area contributed by atoms with E-state index >= 15 is 0 Å². The first-order valence-electron chi connectivity index (χ1n) is 8.92. The fourth-order valence-corrected chi connectivity index (χ4v) is 5.19. The number of aryl methyl sites for hydroxylation is 1. The lowest BCUT2D eigenvalue weighted by atomic mass is 10.1. The summed E-state index contributed by atoms with van der Waals surface area (Å²) in [5.74, 6) is -0.105. The average molecular weight is 441 g/mol. The molecular weight excluding hydrogens is 419 g/mol. The molecule has 0 spiro atoms. The fourth-order valence-electron chi connectivity index (χ4n) is 2.88. The molecule has 1 fully saturated rings. The molecule has 0 aromatic heterocycles. The summed E-state index contributed by atoms with van der Waals surface area (Å²) in [4.78, 5) is 12.1. The van der Waals surface area contributed by atoms with Crippen LogP contribution in [0.25, 0.3) is 0 Å². The Morgan fingerprint density at radius 2 is 1.79 bits per heavy atom. The molecule has 1 aliphatic carbocycles. The van der Waals surface area contributed by atoms with Gasteiger partial charge in [0.05, 0.1) is 5.02 Å². The van der Waals surface area contributed by atoms with Crippen molar-refractivity contribution in [3.8, 4) is 0 Å². The zero-order valence-electron chi connectivity index (χ0n) is 15.9. The molecule has 8 heteroatoms. The Morgan fingerprint density at radius 1 is 1.18 bits per heavy atom. The van der Waals surface area contributed by atoms with Crippen LogP contribution >= 0.6 is 23.2 Å². The van der Waals surface area contributed by atoms with Crippen molar-refractivity contribution in [2.75, 3.05) is 7.05 Å². The molecule has 0 heterocycles. The van der Waals surface area contributed by atoms with Crippen LogP contribution in [0.4, 0.5) is 0 Å². The molecule has 1 N–H and O–H groups in total. The summed E-state index contributed by atoms with van der Waals surface area (Å²) in [5, 5.41) is 3.47. The first-order chi connectivity index (χ1) is 13.1. The van der Waals surface area contributed by atoms with Gasteiger partial charge in [-0.05, 0) is 61.6 Å². The lowest BCUT2D eigenvalue weighted by Gasteiger charge is -2.21. The van der Waals surface area contributed by atoms with Crippen LogP contribution < -0.4 is 5.32 Å². The third-order valence-electron chi connectivity index (χ3n) is 4.79. The molecule has 150 valence electrons. The summed E-state index contributed by atoms with van der Waals surface area (Å²) in [6.07, 6.45) is 2.05. The van der Waals surface area contributed by atoms with Crippen LogP contribution in [-0.2, 0) is 16.6 Å². The van der Waals surface area contributed by atoms with Gasteiger partial charge in [0, 0.05) is 30.2 Å². The van der Waals surface area contributed by atoms with Crippen molar-refractivity contribution in [2.24, 2.45) is 0 Å². The second kappa shape index (κ2) is 8.03. The minimum atomic E-state index is -3.84. The van der Waals surface area contributed by atoms with Crippen molar-refractivity contribution in [3.63, 3.8) is 0 Å². The Hall–Kier alpha value is -1.60. The van der Waals surface area contributed by atoms with Crippen LogP contribution in [0.1, 0.15) is 39.9 Å². The summed E-state index contributed by atoms with van der Waals surface area (Å²) in [6, 6.07) is 8.86. The van der Waals surface area contributed by atoms with Crippen LogP contribution in [0.3, 0.4) is 0 Å². The van der Waals surface area contributed by atoms with E-state index in [2.05, 4.69) is 5.32 Å². The van der Waals surface area contributed by atoms with Crippen molar-refractivity contribution in [1.82, 2.24) is 9.62 Å². The Labute approximate surface area is 175 Å². The van der Waals surface area contributed by atoms with Crippen LogP contribution in [0, 0.1) is 13.8 Å². The quantitative estimate of drug-likeness (QED) is 0.726. The third kappa shape index (κ3) is 4.35. The van der Waals surface area contributed by atoms with Gasteiger partial charge in [0.2, 0.25) is 10.0 Å². The second-order valence-electron chi connectivity index (χ2n) is 7.15. The Morgan fingerprint density at radius 3 is 2.36 bits per heavy atom. The van der Waals surface area contributed by atoms with E-state index in [1.807, 2.05) is 0 Å². The molecule has 1 amide bonds. The van der Waals surface area contributed by atoms with Gasteiger partial charge in [-0.2, -0.15) is 4.31 Å². The van der Waals surface area contributed by atoms with Gasteiger partial charge in [0.1, 0.15) is 4.90 Å². The number of hydrogen-bond acceptors (Lipinski definition) is 3. The lowest BCUT2D eigenvalue weighted by molar-refractivity contribution is 0.0951. The van der Waals surface area contributed by atoms with E-state index in [-0.39, 0.29) is 28.4 Å². The van der Waals surface area contributed by atoms with E-state index in [1.54, 1.807) is 44.2 Å². The van der Waals surface area contributed by atoms with Crippen LogP contribution in [0.5, 0.6) is 0 Å². The number of carbonyl (C=O) groups excluding carboxylic acids is 1. The summed E-state index contributed by atoms with van der Waals surface area (Å²) in [7, 11) is -2.34. The molecular formula is C20H22Cl2N2O3S. The Balaban J connectivity index is 1.80. The predicted octanol–water partition coefficient (Wildman–Crippen LogP) is 4.32. The van der Waals surface area contributed by atoms with Gasteiger partial charge in [0.15, 0.2) is 0 Å². The molecule has 0 saturated heterocycles. The molecule has 0 bridgehead atoms. The second-order valence-corrected chi connectivity index (χ2v) is 9.92. The number of benzene rings is 2. The third-order valence-corrected chi connectivity index (χ3v) is 7.76. The summed E-state index contributed by atoms with van der Waals surface area (Å²) in [5.41, 5.74) is 2.36. The number of amides is 1. The molecule has 2 aromatic carbocycles. The van der Waals surface area contributed by atoms with E-state index < -0.39 is 10.0 Å². The summed E-state index contributed by atoms with van der Waals surface area (Å²) >= 11 is 12.5. The van der Waals surface area contributed by atoms with Gasteiger partial charge < -0.3 is 5.32 Å². The number of sulfonamides is 1. The maximum absolute atomic E-state index is 13.1. The van der Waals surface area contributed by atoms with Gasteiger partial charge in [-0.25, -0.2) is 8.42 Å². The zero-order valence-corrected chi connectivity index (χ0v) is 18.2. The highest BCUT2D eigenvalue weighted by Gasteiger charge is 2.28. The van der Waals surface area contributed by atoms with Gasteiger partial charge in [-0.1, -0.05) is 35.3 Å². The maximum atomic E-state index is 13.1. The van der Waals surface area contributed by atoms with Crippen LogP contribution in [0.15, 0.2) is 35.2 Å². The molecule has 0 radical (unpaired) electrons. The SMILES string of the molecule is Cc1cc(Cl)c(C)c(S(=O)(=O)N(C)Cc2ccc(C(=O)NC3CC3)cc2)c1Cl. The van der Waals surface area contributed by atoms with E-state index in [0.717, 1.165) is 18.4 Å². The number of hydrogen-bond donors (Lipinski definition) is 1. The summed E-state index contributed by atoms with van der Waals surface area (Å²) in [6.45, 7) is 3.51. The van der Waals surface area contributed by atoms with Crippen LogP contribution in [-0.4, -0.2) is 31.7 Å². The van der Waals surface area contributed by atoms with E-state index in [9.17, 15) is 13.2 Å². The standard InChI is InChI=1S/C20H22Cl2N2O3S/c1-12-10-17(21)13(2)19(18(12)22)28(26,27)24(3)11-14-4-6-15(7-5-14)20(25)23-16-8-9-16/h4-7,10,16H,8-9,11H2,1-3H3,(H,23,25). The first kappa shape index (κ1) is 21.1. The molecule has 2 aromatic rings. The molecule has 28 heavy (non-hydrogen) atoms. The Bertz CT molecular complexity index is 990. The number of halogens is 2. The molecule has 5 nitrogen and oxygen atoms in total. The maximum Gasteiger partial charge on any atom is 0.251 e. The van der Waals surface area contributed by atoms with Gasteiger partial charge >= 0.3 is 0 Å². The molecule has 0 unspecified atom stereocenters. The predicted molar refractivity (Wildman–Crippen MR) is 112 cm³/mol. The largest absolute Gasteiger partial charge is 0.349 e. The molecule has 0 atom stereocenters. The van der Waals surface area contributed by atoms with Crippen molar-refractivity contribution < 1.29 is 13.2 Å². The minimum absolute atomic E-state index is 0.0297. The highest BCUT2D eigenvalue weighted by molar-refractivity contribution is 7.89. The average Bonchev–Trinajstić information content (AvgIpc) is 3.44. The van der Waals surface area contributed by atoms with Gasteiger partial charge in [-0.3, -0.25) is 4.79 Å². The molecule has 1 saturated carbocycles. The van der Waals surface area contributed by atoms with Crippen molar-refractivity contribution >= 4 is 39.1 Å². The highest BCUT2D eigenvalue weighted by Crippen LogP contribution is 2.35. The van der Waals surface area contributed by atoms with Crippen molar-refractivity contribution in [2.45, 2.75) is 44.2 Å². The van der Waals surface area contributed by atoms with E-state index in [0.29, 0.717) is 21.7 Å². The Kier molecular flexibility index (Phi) is 6.05. The normalized spacial score (nSPS) is 14.4. The van der Waals surface area contributed by atoms with Crippen molar-refractivity contribution in [3.05, 3.63) is 62.6 Å². The van der Waals surface area contributed by atoms with E-state index in [4.69, 9.17) is 23.2 Å². The number of nitrogens with one attached hydrogen (secondary N) is 1. The molecule has 1 aliphatic rings. The highest BCUT2D eigenvalue weighted by atomic mass is 35.5. The topological polar surface area (TPSA) is 66.5 Å².